The smallest absolute Gasteiger partial charge is 0.242 e. The third-order valence-electron chi connectivity index (χ3n) is 10.2. The lowest BCUT2D eigenvalue weighted by Gasteiger charge is -2.28. The Kier molecular flexibility index (Phi) is 5.56. The second kappa shape index (κ2) is 11.6. The fraction of sp³-hybridized carbons (Fsp3) is 0. The molecule has 10 aromatic carbocycles. The van der Waals surface area contributed by atoms with Gasteiger partial charge in [0.15, 0.2) is 0 Å². The fourth-order valence-corrected chi connectivity index (χ4v) is 7.99. The topological polar surface area (TPSA) is 3.24 Å². The van der Waals surface area contributed by atoms with Crippen LogP contribution in [-0.4, -0.2) is 6.71 Å². The standard InChI is InChI=1S/C48H32BN/c1-3-16-38(17-4-1)49(44-21-11-15-34-13-9-10-20-41(34)44)45-30-25-35-24-29-43-46(31-26-36-23-28-42(45)47(35)48(36)43)50(39-18-5-2-6-19-39)40-27-22-33-12-7-8-14-37(33)32-40/h1-32H/i2D,5D,6D,18D,19D. The van der Waals surface area contributed by atoms with Crippen LogP contribution >= 0.6 is 0 Å². The van der Waals surface area contributed by atoms with Crippen molar-refractivity contribution in [2.45, 2.75) is 0 Å². The van der Waals surface area contributed by atoms with Gasteiger partial charge in [-0.1, -0.05) is 180 Å². The molecule has 10 rings (SSSR count). The molecule has 0 fully saturated rings. The van der Waals surface area contributed by atoms with Crippen LogP contribution in [0.2, 0.25) is 0 Å². The van der Waals surface area contributed by atoms with Crippen LogP contribution < -0.4 is 21.3 Å². The van der Waals surface area contributed by atoms with Crippen LogP contribution in [0, 0.1) is 0 Å². The summed E-state index contributed by atoms with van der Waals surface area (Å²) >= 11 is 0. The highest BCUT2D eigenvalue weighted by molar-refractivity contribution is 6.98. The highest BCUT2D eigenvalue weighted by atomic mass is 15.1. The first-order valence-electron chi connectivity index (χ1n) is 19.5. The van der Waals surface area contributed by atoms with Crippen LogP contribution in [0.15, 0.2) is 194 Å². The van der Waals surface area contributed by atoms with Gasteiger partial charge < -0.3 is 4.90 Å². The SMILES string of the molecule is [2H]c1c([2H])c([2H])c(N(c2ccc3ccccc3c2)c2ccc3ccc4c(B(c5ccccc5)c5cccc6ccccc56)ccc5ccc2c3c54)c([2H])c1[2H]. The molecule has 50 heavy (non-hydrogen) atoms. The van der Waals surface area contributed by atoms with Crippen molar-refractivity contribution in [2.75, 3.05) is 4.90 Å². The lowest BCUT2D eigenvalue weighted by atomic mass is 9.35. The molecule has 0 aliphatic carbocycles. The summed E-state index contributed by atoms with van der Waals surface area (Å²) in [6.07, 6.45) is 0. The Balaban J connectivity index is 1.28. The van der Waals surface area contributed by atoms with Crippen LogP contribution in [0.4, 0.5) is 17.1 Å². The number of nitrogens with zero attached hydrogens (tertiary/aromatic N) is 1. The van der Waals surface area contributed by atoms with Crippen LogP contribution in [0.5, 0.6) is 0 Å². The van der Waals surface area contributed by atoms with E-state index in [0.717, 1.165) is 48.8 Å². The minimum absolute atomic E-state index is 0.0449. The molecular formula is C48H32BN. The summed E-state index contributed by atoms with van der Waals surface area (Å²) < 4.78 is 43.9. The van der Waals surface area contributed by atoms with E-state index in [4.69, 9.17) is 6.85 Å². The highest BCUT2D eigenvalue weighted by Gasteiger charge is 2.27. The second-order valence-electron chi connectivity index (χ2n) is 12.9. The number of para-hydroxylation sites is 1. The number of fused-ring (bicyclic) bond motifs is 2. The van der Waals surface area contributed by atoms with Crippen molar-refractivity contribution < 1.29 is 6.85 Å². The molecule has 0 heterocycles. The van der Waals surface area contributed by atoms with Crippen molar-refractivity contribution >= 4 is 94.0 Å². The average molecular weight is 639 g/mol. The van der Waals surface area contributed by atoms with Gasteiger partial charge in [0.05, 0.1) is 12.5 Å². The van der Waals surface area contributed by atoms with Gasteiger partial charge in [0.25, 0.3) is 0 Å². The van der Waals surface area contributed by atoms with Crippen molar-refractivity contribution in [3.05, 3.63) is 194 Å². The molecule has 0 amide bonds. The van der Waals surface area contributed by atoms with E-state index >= 15 is 0 Å². The van der Waals surface area contributed by atoms with Crippen molar-refractivity contribution in [1.29, 1.82) is 0 Å². The maximum absolute atomic E-state index is 9.12. The molecule has 0 aromatic heterocycles. The van der Waals surface area contributed by atoms with Gasteiger partial charge >= 0.3 is 0 Å². The predicted molar refractivity (Wildman–Crippen MR) is 217 cm³/mol. The molecule has 0 aliphatic heterocycles. The van der Waals surface area contributed by atoms with Gasteiger partial charge in [0, 0.05) is 16.8 Å². The summed E-state index contributed by atoms with van der Waals surface area (Å²) in [7, 11) is 0. The first-order chi connectivity index (χ1) is 26.9. The van der Waals surface area contributed by atoms with E-state index in [2.05, 4.69) is 115 Å². The molecule has 0 unspecified atom stereocenters. The zero-order chi connectivity index (χ0) is 37.4. The van der Waals surface area contributed by atoms with Crippen LogP contribution in [0.25, 0.3) is 53.9 Å². The van der Waals surface area contributed by atoms with Crippen LogP contribution in [-0.2, 0) is 0 Å². The van der Waals surface area contributed by atoms with Gasteiger partial charge in [0.1, 0.15) is 0 Å². The lowest BCUT2D eigenvalue weighted by molar-refractivity contribution is 1.31. The van der Waals surface area contributed by atoms with E-state index < -0.39 is 6.04 Å². The van der Waals surface area contributed by atoms with Crippen molar-refractivity contribution in [1.82, 2.24) is 0 Å². The molecule has 0 saturated carbocycles. The van der Waals surface area contributed by atoms with E-state index in [9.17, 15) is 0 Å². The summed E-state index contributed by atoms with van der Waals surface area (Å²) in [5.41, 5.74) is 5.19. The summed E-state index contributed by atoms with van der Waals surface area (Å²) in [5, 5.41) is 10.9. The summed E-state index contributed by atoms with van der Waals surface area (Å²) in [6, 6.07) is 55.5. The highest BCUT2D eigenvalue weighted by Crippen LogP contribution is 2.44. The quantitative estimate of drug-likeness (QED) is 0.129. The van der Waals surface area contributed by atoms with Gasteiger partial charge in [-0.3, -0.25) is 0 Å². The molecule has 0 aliphatic rings. The average Bonchev–Trinajstić information content (AvgIpc) is 3.24. The fourth-order valence-electron chi connectivity index (χ4n) is 7.99. The zero-order valence-corrected chi connectivity index (χ0v) is 27.1. The van der Waals surface area contributed by atoms with Gasteiger partial charge in [-0.15, -0.1) is 0 Å². The molecule has 0 bridgehead atoms. The first kappa shape index (κ1) is 23.9. The Labute approximate surface area is 299 Å². The predicted octanol–water partition coefficient (Wildman–Crippen LogP) is 10.9. The molecule has 0 saturated heterocycles. The normalized spacial score (nSPS) is 13.0. The summed E-state index contributed by atoms with van der Waals surface area (Å²) in [6.45, 7) is -0.0449. The second-order valence-corrected chi connectivity index (χ2v) is 12.9. The largest absolute Gasteiger partial charge is 0.310 e. The first-order valence-corrected chi connectivity index (χ1v) is 17.0. The lowest BCUT2D eigenvalue weighted by Crippen LogP contribution is -2.52. The molecule has 2 heteroatoms. The van der Waals surface area contributed by atoms with Gasteiger partial charge in [-0.05, 0) is 78.8 Å². The number of anilines is 3. The Morgan fingerprint density at radius 2 is 1.02 bits per heavy atom. The monoisotopic (exact) mass is 638 g/mol. The number of rotatable bonds is 6. The maximum atomic E-state index is 9.12. The van der Waals surface area contributed by atoms with E-state index in [1.54, 1.807) is 0 Å². The van der Waals surface area contributed by atoms with Crippen molar-refractivity contribution in [3.63, 3.8) is 0 Å². The molecule has 0 N–H and O–H groups in total. The number of benzene rings is 10. The van der Waals surface area contributed by atoms with Crippen molar-refractivity contribution in [2.24, 2.45) is 0 Å². The Hall–Kier alpha value is -6.38. The molecule has 10 aromatic rings. The zero-order valence-electron chi connectivity index (χ0n) is 32.1. The Morgan fingerprint density at radius 3 is 1.86 bits per heavy atom. The Bertz CT molecular complexity index is 3090. The third kappa shape index (κ3) is 4.57. The van der Waals surface area contributed by atoms with E-state index in [0.29, 0.717) is 5.69 Å². The van der Waals surface area contributed by atoms with Crippen molar-refractivity contribution in [3.8, 4) is 0 Å². The third-order valence-corrected chi connectivity index (χ3v) is 10.2. The molecular weight excluding hydrogens is 601 g/mol. The Morgan fingerprint density at radius 1 is 0.400 bits per heavy atom. The summed E-state index contributed by atoms with van der Waals surface area (Å²) in [4.78, 5) is 1.85. The van der Waals surface area contributed by atoms with Crippen LogP contribution in [0.1, 0.15) is 6.85 Å². The summed E-state index contributed by atoms with van der Waals surface area (Å²) in [5.74, 6) is 0. The minimum Gasteiger partial charge on any atom is -0.310 e. The number of hydrogen-bond donors (Lipinski definition) is 0. The molecule has 0 radical (unpaired) electrons. The molecule has 0 atom stereocenters. The maximum Gasteiger partial charge on any atom is 0.242 e. The molecule has 0 spiro atoms. The van der Waals surface area contributed by atoms with E-state index in [1.165, 1.54) is 27.2 Å². The van der Waals surface area contributed by atoms with Crippen LogP contribution in [0.3, 0.4) is 0 Å². The van der Waals surface area contributed by atoms with Gasteiger partial charge in [-0.2, -0.15) is 0 Å². The van der Waals surface area contributed by atoms with Gasteiger partial charge in [-0.25, -0.2) is 0 Å². The molecule has 1 nitrogen and oxygen atoms in total. The van der Waals surface area contributed by atoms with E-state index in [-0.39, 0.29) is 36.6 Å². The van der Waals surface area contributed by atoms with E-state index in [1.807, 2.05) is 53.4 Å². The number of hydrogen-bond acceptors (Lipinski definition) is 1. The molecule has 232 valence electrons. The minimum atomic E-state index is -0.417. The van der Waals surface area contributed by atoms with Gasteiger partial charge in [0.2, 0.25) is 6.71 Å².